The van der Waals surface area contributed by atoms with Crippen LogP contribution in [0.5, 0.6) is 5.75 Å². The van der Waals surface area contributed by atoms with E-state index in [1.54, 1.807) is 6.07 Å². The maximum Gasteiger partial charge on any atom is 0.188 e. The lowest BCUT2D eigenvalue weighted by Gasteiger charge is -2.23. The molecule has 0 saturated carbocycles. The van der Waals surface area contributed by atoms with Crippen molar-refractivity contribution in [3.05, 3.63) is 29.6 Å². The Hall–Kier alpha value is -1.82. The van der Waals surface area contributed by atoms with E-state index in [2.05, 4.69) is 22.1 Å². The molecule has 0 amide bonds. The summed E-state index contributed by atoms with van der Waals surface area (Å²) >= 11 is 0. The number of phenolic OH excluding ortho intramolecular Hbond substituents is 1. The third-order valence-electron chi connectivity index (χ3n) is 3.87. The van der Waals surface area contributed by atoms with Crippen molar-refractivity contribution in [2.24, 2.45) is 10.7 Å². The number of nitrogens with two attached hydrogens (primary N) is 1. The molecule has 1 fully saturated rings. The summed E-state index contributed by atoms with van der Waals surface area (Å²) in [5, 5.41) is 12.3. The molecule has 1 aromatic carbocycles. The molecule has 1 aliphatic rings. The Morgan fingerprint density at radius 3 is 3.10 bits per heavy atom. The molecule has 1 saturated heterocycles. The van der Waals surface area contributed by atoms with Crippen LogP contribution in [0.25, 0.3) is 0 Å². The quantitative estimate of drug-likeness (QED) is 0.567. The number of nitrogens with zero attached hydrogens (tertiary/aromatic N) is 2. The van der Waals surface area contributed by atoms with Gasteiger partial charge < -0.3 is 16.2 Å². The molecular formula is C15H23FN4O. The topological polar surface area (TPSA) is 73.9 Å². The number of hydrogen-bond donors (Lipinski definition) is 3. The van der Waals surface area contributed by atoms with E-state index < -0.39 is 5.82 Å². The summed E-state index contributed by atoms with van der Waals surface area (Å²) in [6.07, 6.45) is 2.40. The lowest BCUT2D eigenvalue weighted by Crippen LogP contribution is -2.42. The first-order chi connectivity index (χ1) is 10.1. The van der Waals surface area contributed by atoms with Crippen LogP contribution in [0.2, 0.25) is 0 Å². The maximum atomic E-state index is 13.2. The Morgan fingerprint density at radius 1 is 1.57 bits per heavy atom. The van der Waals surface area contributed by atoms with E-state index in [0.29, 0.717) is 17.6 Å². The van der Waals surface area contributed by atoms with Crippen LogP contribution in [0.3, 0.4) is 0 Å². The van der Waals surface area contributed by atoms with Crippen LogP contribution in [0.1, 0.15) is 25.3 Å². The molecule has 116 valence electrons. The molecule has 1 heterocycles. The third-order valence-corrected chi connectivity index (χ3v) is 3.87. The second kappa shape index (κ2) is 7.26. The number of aromatic hydroxyl groups is 1. The van der Waals surface area contributed by atoms with Gasteiger partial charge in [-0.05, 0) is 43.6 Å². The summed E-state index contributed by atoms with van der Waals surface area (Å²) in [5.74, 6) is -0.625. The molecule has 1 aromatic rings. The molecule has 4 N–H and O–H groups in total. The van der Waals surface area contributed by atoms with E-state index in [-0.39, 0.29) is 12.3 Å². The lowest BCUT2D eigenvalue weighted by molar-refractivity contribution is 0.267. The SMILES string of the molecule is CCN1CCCC1CNC(N)=NCc1ccc(O)c(F)c1. The summed E-state index contributed by atoms with van der Waals surface area (Å²) in [4.78, 5) is 6.62. The van der Waals surface area contributed by atoms with Crippen LogP contribution in [0.4, 0.5) is 4.39 Å². The molecule has 21 heavy (non-hydrogen) atoms. The minimum absolute atomic E-state index is 0.290. The Balaban J connectivity index is 1.82. The van der Waals surface area contributed by atoms with Crippen molar-refractivity contribution in [1.29, 1.82) is 0 Å². The molecule has 1 aliphatic heterocycles. The first kappa shape index (κ1) is 15.6. The van der Waals surface area contributed by atoms with E-state index in [0.717, 1.165) is 19.6 Å². The maximum absolute atomic E-state index is 13.2. The number of rotatable bonds is 5. The van der Waals surface area contributed by atoms with Crippen molar-refractivity contribution >= 4 is 5.96 Å². The predicted molar refractivity (Wildman–Crippen MR) is 81.7 cm³/mol. The highest BCUT2D eigenvalue weighted by Gasteiger charge is 2.22. The van der Waals surface area contributed by atoms with Gasteiger partial charge in [-0.25, -0.2) is 9.38 Å². The number of phenols is 1. The molecule has 6 heteroatoms. The number of likely N-dealkylation sites (tertiary alicyclic amines) is 1. The second-order valence-corrected chi connectivity index (χ2v) is 5.29. The number of nitrogens with one attached hydrogen (secondary N) is 1. The number of guanidine groups is 1. The Kier molecular flexibility index (Phi) is 5.38. The highest BCUT2D eigenvalue weighted by atomic mass is 19.1. The minimum atomic E-state index is -0.640. The van der Waals surface area contributed by atoms with E-state index in [1.807, 2.05) is 0 Å². The van der Waals surface area contributed by atoms with Gasteiger partial charge in [-0.1, -0.05) is 13.0 Å². The summed E-state index contributed by atoms with van der Waals surface area (Å²) < 4.78 is 13.2. The molecule has 0 spiro atoms. The lowest BCUT2D eigenvalue weighted by atomic mass is 10.2. The Labute approximate surface area is 124 Å². The summed E-state index contributed by atoms with van der Waals surface area (Å²) in [7, 11) is 0. The fourth-order valence-corrected chi connectivity index (χ4v) is 2.65. The Bertz CT molecular complexity index is 506. The minimum Gasteiger partial charge on any atom is -0.505 e. The average molecular weight is 294 g/mol. The van der Waals surface area contributed by atoms with Crippen LogP contribution in [-0.2, 0) is 6.54 Å². The number of benzene rings is 1. The van der Waals surface area contributed by atoms with Crippen LogP contribution in [0.15, 0.2) is 23.2 Å². The largest absolute Gasteiger partial charge is 0.505 e. The van der Waals surface area contributed by atoms with Gasteiger partial charge in [-0.15, -0.1) is 0 Å². The normalized spacial score (nSPS) is 19.9. The van der Waals surface area contributed by atoms with Gasteiger partial charge in [-0.2, -0.15) is 0 Å². The molecule has 1 atom stereocenters. The second-order valence-electron chi connectivity index (χ2n) is 5.29. The fourth-order valence-electron chi connectivity index (χ4n) is 2.65. The summed E-state index contributed by atoms with van der Waals surface area (Å²) in [6.45, 7) is 5.43. The van der Waals surface area contributed by atoms with Crippen molar-refractivity contribution in [2.75, 3.05) is 19.6 Å². The van der Waals surface area contributed by atoms with Gasteiger partial charge in [0.1, 0.15) is 0 Å². The van der Waals surface area contributed by atoms with Gasteiger partial charge in [0, 0.05) is 12.6 Å². The van der Waals surface area contributed by atoms with Gasteiger partial charge in [0.2, 0.25) is 0 Å². The summed E-state index contributed by atoms with van der Waals surface area (Å²) in [5.41, 5.74) is 6.50. The van der Waals surface area contributed by atoms with Gasteiger partial charge in [-0.3, -0.25) is 4.90 Å². The number of halogens is 1. The first-order valence-electron chi connectivity index (χ1n) is 7.35. The van der Waals surface area contributed by atoms with E-state index in [9.17, 15) is 4.39 Å². The highest BCUT2D eigenvalue weighted by Crippen LogP contribution is 2.17. The van der Waals surface area contributed by atoms with Crippen molar-refractivity contribution in [2.45, 2.75) is 32.4 Å². The average Bonchev–Trinajstić information content (AvgIpc) is 2.94. The third kappa shape index (κ3) is 4.32. The zero-order valence-electron chi connectivity index (χ0n) is 12.3. The molecule has 0 bridgehead atoms. The van der Waals surface area contributed by atoms with Crippen molar-refractivity contribution in [3.63, 3.8) is 0 Å². The van der Waals surface area contributed by atoms with Gasteiger partial charge in [0.15, 0.2) is 17.5 Å². The number of aliphatic imine (C=N–C) groups is 1. The first-order valence-corrected chi connectivity index (χ1v) is 7.35. The molecule has 0 aromatic heterocycles. The predicted octanol–water partition coefficient (Wildman–Crippen LogP) is 1.42. The van der Waals surface area contributed by atoms with Crippen molar-refractivity contribution in [3.8, 4) is 5.75 Å². The Morgan fingerprint density at radius 2 is 2.38 bits per heavy atom. The fraction of sp³-hybridized carbons (Fsp3) is 0.533. The standard InChI is InChI=1S/C15H23FN4O/c1-2-20-7-3-4-12(20)10-19-15(17)18-9-11-5-6-14(21)13(16)8-11/h5-6,8,12,21H,2-4,7,9-10H2,1H3,(H3,17,18,19). The van der Waals surface area contributed by atoms with Crippen LogP contribution >= 0.6 is 0 Å². The van der Waals surface area contributed by atoms with E-state index in [1.165, 1.54) is 25.0 Å². The van der Waals surface area contributed by atoms with E-state index >= 15 is 0 Å². The molecular weight excluding hydrogens is 271 g/mol. The monoisotopic (exact) mass is 294 g/mol. The van der Waals surface area contributed by atoms with Crippen molar-refractivity contribution < 1.29 is 9.50 Å². The molecule has 2 rings (SSSR count). The number of hydrogen-bond acceptors (Lipinski definition) is 3. The van der Waals surface area contributed by atoms with Gasteiger partial charge in [0.05, 0.1) is 6.54 Å². The zero-order valence-corrected chi connectivity index (χ0v) is 12.3. The molecule has 0 aliphatic carbocycles. The molecule has 0 radical (unpaired) electrons. The van der Waals surface area contributed by atoms with Crippen LogP contribution < -0.4 is 11.1 Å². The van der Waals surface area contributed by atoms with Crippen LogP contribution in [-0.4, -0.2) is 41.6 Å². The summed E-state index contributed by atoms with van der Waals surface area (Å²) in [6, 6.07) is 4.73. The highest BCUT2D eigenvalue weighted by molar-refractivity contribution is 5.77. The van der Waals surface area contributed by atoms with Gasteiger partial charge >= 0.3 is 0 Å². The zero-order chi connectivity index (χ0) is 15.2. The van der Waals surface area contributed by atoms with E-state index in [4.69, 9.17) is 10.8 Å². The smallest absolute Gasteiger partial charge is 0.188 e. The van der Waals surface area contributed by atoms with Crippen molar-refractivity contribution in [1.82, 2.24) is 10.2 Å². The molecule has 5 nitrogen and oxygen atoms in total. The van der Waals surface area contributed by atoms with Gasteiger partial charge in [0.25, 0.3) is 0 Å². The molecule has 1 unspecified atom stereocenters. The number of likely N-dealkylation sites (N-methyl/N-ethyl adjacent to an activating group) is 1. The van der Waals surface area contributed by atoms with Crippen LogP contribution in [0, 0.1) is 5.82 Å².